The third-order valence-electron chi connectivity index (χ3n) is 5.30. The normalized spacial score (nSPS) is 21.8. The highest BCUT2D eigenvalue weighted by Gasteiger charge is 2.49. The Kier molecular flexibility index (Phi) is 5.73. The molecule has 1 unspecified atom stereocenters. The highest BCUT2D eigenvalue weighted by molar-refractivity contribution is 7.77. The number of halogens is 1. The first-order valence-electron chi connectivity index (χ1n) is 8.54. The van der Waals surface area contributed by atoms with Crippen LogP contribution in [-0.2, 0) is 32.8 Å². The minimum atomic E-state index is -2.48. The quantitative estimate of drug-likeness (QED) is 0.589. The van der Waals surface area contributed by atoms with Gasteiger partial charge in [-0.3, -0.25) is 9.00 Å². The predicted octanol–water partition coefficient (Wildman–Crippen LogP) is 0.399. The average molecular weight is 385 g/mol. The van der Waals surface area contributed by atoms with Gasteiger partial charge in [0.1, 0.15) is 5.82 Å². The number of carbonyl (C=O) groups is 1. The molecular weight excluding hydrogens is 363 g/mol. The van der Waals surface area contributed by atoms with Crippen LogP contribution in [0.5, 0.6) is 0 Å². The van der Waals surface area contributed by atoms with Crippen molar-refractivity contribution in [2.45, 2.75) is 43.2 Å². The van der Waals surface area contributed by atoms with Crippen molar-refractivity contribution in [3.63, 3.8) is 0 Å². The molecule has 1 saturated heterocycles. The van der Waals surface area contributed by atoms with Gasteiger partial charge in [0.15, 0.2) is 0 Å². The van der Waals surface area contributed by atoms with Crippen molar-refractivity contribution in [1.82, 2.24) is 10.0 Å². The Morgan fingerprint density at radius 2 is 2.00 bits per heavy atom. The fraction of sp³-hybridized carbons (Fsp3) is 0.588. The monoisotopic (exact) mass is 385 g/mol. The summed E-state index contributed by atoms with van der Waals surface area (Å²) < 4.78 is 43.1. The summed E-state index contributed by atoms with van der Waals surface area (Å²) in [7, 11) is 0. The van der Waals surface area contributed by atoms with E-state index >= 15 is 0 Å². The molecule has 3 N–H and O–H groups in total. The second-order valence-electron chi connectivity index (χ2n) is 6.95. The minimum Gasteiger partial charge on any atom is -0.760 e. The molecule has 0 radical (unpaired) electrons. The van der Waals surface area contributed by atoms with Crippen molar-refractivity contribution in [3.8, 4) is 0 Å². The molecule has 1 atom stereocenters. The van der Waals surface area contributed by atoms with Crippen LogP contribution in [0.25, 0.3) is 0 Å². The summed E-state index contributed by atoms with van der Waals surface area (Å²) in [6, 6.07) is 4.46. The molecule has 1 aliphatic heterocycles. The van der Waals surface area contributed by atoms with Gasteiger partial charge < -0.3 is 19.7 Å². The number of nitrogens with one attached hydrogen (secondary N) is 2. The Balaban J connectivity index is 1.86. The lowest BCUT2D eigenvalue weighted by Crippen LogP contribution is -2.52. The summed E-state index contributed by atoms with van der Waals surface area (Å²) in [6.07, 6.45) is 2.30. The first-order chi connectivity index (χ1) is 12.4. The summed E-state index contributed by atoms with van der Waals surface area (Å²) in [5, 5.41) is 12.4. The van der Waals surface area contributed by atoms with Crippen LogP contribution in [0.1, 0.15) is 36.8 Å². The molecule has 2 aliphatic rings. The van der Waals surface area contributed by atoms with E-state index in [1.165, 1.54) is 12.1 Å². The van der Waals surface area contributed by atoms with Crippen LogP contribution in [0, 0.1) is 5.82 Å². The third-order valence-corrected chi connectivity index (χ3v) is 5.68. The van der Waals surface area contributed by atoms with Gasteiger partial charge in [0.25, 0.3) is 0 Å². The van der Waals surface area contributed by atoms with E-state index in [9.17, 15) is 23.1 Å². The highest BCUT2D eigenvalue weighted by Crippen LogP contribution is 2.40. The molecule has 1 saturated carbocycles. The number of carbonyl (C=O) groups excluding carboxylic acids is 1. The second-order valence-corrected chi connectivity index (χ2v) is 7.71. The van der Waals surface area contributed by atoms with E-state index < -0.39 is 28.0 Å². The van der Waals surface area contributed by atoms with E-state index in [1.807, 2.05) is 0 Å². The largest absolute Gasteiger partial charge is 0.760 e. The van der Waals surface area contributed by atoms with Gasteiger partial charge in [-0.25, -0.2) is 9.11 Å². The van der Waals surface area contributed by atoms with E-state index in [4.69, 9.17) is 4.74 Å². The Labute approximate surface area is 153 Å². The third kappa shape index (κ3) is 3.96. The first kappa shape index (κ1) is 19.4. The van der Waals surface area contributed by atoms with Gasteiger partial charge in [-0.15, -0.1) is 0 Å². The fourth-order valence-electron chi connectivity index (χ4n) is 3.33. The van der Waals surface area contributed by atoms with Gasteiger partial charge in [0.05, 0.1) is 17.6 Å². The number of ether oxygens (including phenoxy) is 1. The maximum absolute atomic E-state index is 14.5. The molecule has 144 valence electrons. The first-order valence-corrected chi connectivity index (χ1v) is 9.61. The van der Waals surface area contributed by atoms with E-state index in [1.54, 1.807) is 6.07 Å². The van der Waals surface area contributed by atoms with Crippen molar-refractivity contribution in [1.29, 1.82) is 0 Å². The van der Waals surface area contributed by atoms with E-state index in [0.29, 0.717) is 31.6 Å². The zero-order valence-electron chi connectivity index (χ0n) is 14.3. The summed E-state index contributed by atoms with van der Waals surface area (Å²) in [5.74, 6) is -0.791. The number of hydrogen-bond donors (Lipinski definition) is 3. The molecule has 7 nitrogen and oxygen atoms in total. The molecule has 2 fully saturated rings. The zero-order chi connectivity index (χ0) is 18.8. The maximum Gasteiger partial charge on any atom is 0.231 e. The molecule has 9 heteroatoms. The van der Waals surface area contributed by atoms with Gasteiger partial charge in [-0.2, -0.15) is 0 Å². The lowest BCUT2D eigenvalue weighted by molar-refractivity contribution is -0.131. The molecule has 1 aromatic carbocycles. The summed E-state index contributed by atoms with van der Waals surface area (Å²) in [4.78, 5) is 13.1. The smallest absolute Gasteiger partial charge is 0.231 e. The topological polar surface area (TPSA) is 111 Å². The van der Waals surface area contributed by atoms with E-state index in [2.05, 4.69) is 10.0 Å². The van der Waals surface area contributed by atoms with Crippen LogP contribution < -0.4 is 10.0 Å². The van der Waals surface area contributed by atoms with E-state index in [0.717, 1.165) is 12.8 Å². The van der Waals surface area contributed by atoms with Crippen molar-refractivity contribution < 1.29 is 27.8 Å². The van der Waals surface area contributed by atoms with Gasteiger partial charge in [0.2, 0.25) is 5.91 Å². The second kappa shape index (κ2) is 7.69. The number of rotatable bonds is 7. The van der Waals surface area contributed by atoms with Crippen molar-refractivity contribution in [2.75, 3.05) is 19.8 Å². The number of amides is 1. The number of benzene rings is 1. The van der Waals surface area contributed by atoms with Crippen LogP contribution in [0.3, 0.4) is 0 Å². The SMILES string of the molecule is O=C(NC1(CO)CC1)C1(c2ccc(CNS(=O)[O-])c(F)c2)CCOCC1. The van der Waals surface area contributed by atoms with Crippen LogP contribution in [0.4, 0.5) is 4.39 Å². The molecule has 1 amide bonds. The molecule has 1 heterocycles. The van der Waals surface area contributed by atoms with Gasteiger partial charge in [-0.1, -0.05) is 12.1 Å². The molecule has 26 heavy (non-hydrogen) atoms. The Bertz CT molecular complexity index is 704. The zero-order valence-corrected chi connectivity index (χ0v) is 15.1. The lowest BCUT2D eigenvalue weighted by Gasteiger charge is -2.37. The van der Waals surface area contributed by atoms with Crippen LogP contribution >= 0.6 is 0 Å². The van der Waals surface area contributed by atoms with Gasteiger partial charge >= 0.3 is 0 Å². The molecule has 0 spiro atoms. The minimum absolute atomic E-state index is 0.114. The molecule has 0 aromatic heterocycles. The van der Waals surface area contributed by atoms with Crippen molar-refractivity contribution in [2.24, 2.45) is 0 Å². The molecule has 1 aliphatic carbocycles. The Morgan fingerprint density at radius 1 is 1.31 bits per heavy atom. The number of aliphatic hydroxyl groups excluding tert-OH is 1. The molecule has 1 aromatic rings. The summed E-state index contributed by atoms with van der Waals surface area (Å²) in [6.45, 7) is 0.508. The van der Waals surface area contributed by atoms with E-state index in [-0.39, 0.29) is 24.6 Å². The highest BCUT2D eigenvalue weighted by atomic mass is 32.2. The lowest BCUT2D eigenvalue weighted by atomic mass is 9.73. The predicted molar refractivity (Wildman–Crippen MR) is 91.1 cm³/mol. The molecule has 0 bridgehead atoms. The Morgan fingerprint density at radius 3 is 2.54 bits per heavy atom. The Hall–Kier alpha value is -1.39. The van der Waals surface area contributed by atoms with Gasteiger partial charge in [0, 0.05) is 36.6 Å². The van der Waals surface area contributed by atoms with Crippen LogP contribution in [0.2, 0.25) is 0 Å². The number of aliphatic hydroxyl groups is 1. The van der Waals surface area contributed by atoms with Crippen molar-refractivity contribution in [3.05, 3.63) is 35.1 Å². The summed E-state index contributed by atoms with van der Waals surface area (Å²) in [5.41, 5.74) is -0.730. The van der Waals surface area contributed by atoms with Crippen LogP contribution in [-0.4, -0.2) is 45.1 Å². The van der Waals surface area contributed by atoms with Crippen molar-refractivity contribution >= 4 is 17.2 Å². The standard InChI is InChI=1S/C17H23FN2O5S/c18-14-9-13(2-1-12(14)10-19-26(23)24)17(5-7-25-8-6-17)15(22)20-16(11-21)3-4-16/h1-2,9,19,21H,3-8,10-11H2,(H,20,22)(H,23,24)/p-1. The molecular formula is C17H22FN2O5S-. The van der Waals surface area contributed by atoms with Gasteiger partial charge in [-0.05, 0) is 37.3 Å². The summed E-state index contributed by atoms with van der Waals surface area (Å²) >= 11 is -2.48. The fourth-order valence-corrected chi connectivity index (χ4v) is 3.60. The molecule has 3 rings (SSSR count). The van der Waals surface area contributed by atoms with Crippen LogP contribution in [0.15, 0.2) is 18.2 Å². The maximum atomic E-state index is 14.5. The number of hydrogen-bond acceptors (Lipinski definition) is 5. The average Bonchev–Trinajstić information content (AvgIpc) is 3.41.